The summed E-state index contributed by atoms with van der Waals surface area (Å²) in [6, 6.07) is 8.62. The highest BCUT2D eigenvalue weighted by Gasteiger charge is 2.13. The Bertz CT molecular complexity index is 782. The van der Waals surface area contributed by atoms with Gasteiger partial charge >= 0.3 is 0 Å². The zero-order valence-corrected chi connectivity index (χ0v) is 12.9. The number of Topliss-reactive ketones (excluding diaryl/α,β-unsaturated/α-hetero) is 1. The highest BCUT2D eigenvalue weighted by molar-refractivity contribution is 5.77. The lowest BCUT2D eigenvalue weighted by atomic mass is 10.1. The average Bonchev–Trinajstić information content (AvgIpc) is 2.81. The number of rotatable bonds is 4. The van der Waals surface area contributed by atoms with E-state index in [9.17, 15) is 9.59 Å². The first-order valence-electron chi connectivity index (χ1n) is 7.67. The molecule has 0 aliphatic carbocycles. The fraction of sp³-hybridized carbons (Fsp3) is 0.353. The summed E-state index contributed by atoms with van der Waals surface area (Å²) in [6.07, 6.45) is 1.22. The molecule has 2 heterocycles. The monoisotopic (exact) mass is 314 g/mol. The highest BCUT2D eigenvalue weighted by atomic mass is 16.5. The first kappa shape index (κ1) is 15.3. The quantitative estimate of drug-likeness (QED) is 0.864. The summed E-state index contributed by atoms with van der Waals surface area (Å²) in [6.45, 7) is 3.00. The topological polar surface area (TPSA) is 70.4 Å². The molecule has 3 rings (SSSR count). The Morgan fingerprint density at radius 2 is 1.96 bits per heavy atom. The lowest BCUT2D eigenvalue weighted by molar-refractivity contribution is -0.119. The van der Waals surface area contributed by atoms with Crippen LogP contribution in [0.3, 0.4) is 0 Å². The Balaban J connectivity index is 1.95. The van der Waals surface area contributed by atoms with Gasteiger partial charge in [0.1, 0.15) is 6.54 Å². The summed E-state index contributed by atoms with van der Waals surface area (Å²) < 4.78 is 12.5. The minimum Gasteiger partial charge on any atom is -0.490 e. The molecule has 0 fully saturated rings. The number of ketones is 1. The van der Waals surface area contributed by atoms with Crippen molar-refractivity contribution in [3.05, 3.63) is 40.7 Å². The van der Waals surface area contributed by atoms with Crippen LogP contribution in [0.2, 0.25) is 0 Å². The van der Waals surface area contributed by atoms with E-state index in [4.69, 9.17) is 9.47 Å². The van der Waals surface area contributed by atoms with Crippen LogP contribution in [0.15, 0.2) is 35.1 Å². The van der Waals surface area contributed by atoms with Gasteiger partial charge in [-0.2, -0.15) is 5.10 Å². The van der Waals surface area contributed by atoms with Crippen molar-refractivity contribution in [3.63, 3.8) is 0 Å². The van der Waals surface area contributed by atoms with Crippen LogP contribution in [0.1, 0.15) is 19.8 Å². The molecule has 0 N–H and O–H groups in total. The van der Waals surface area contributed by atoms with Crippen molar-refractivity contribution in [3.8, 4) is 22.8 Å². The second kappa shape index (κ2) is 6.64. The van der Waals surface area contributed by atoms with E-state index in [0.29, 0.717) is 36.8 Å². The molecular formula is C17H18N2O4. The fourth-order valence-electron chi connectivity index (χ4n) is 2.32. The van der Waals surface area contributed by atoms with Gasteiger partial charge in [0.2, 0.25) is 0 Å². The maximum Gasteiger partial charge on any atom is 0.267 e. The minimum absolute atomic E-state index is 0.00623. The van der Waals surface area contributed by atoms with Gasteiger partial charge in [-0.15, -0.1) is 0 Å². The zero-order chi connectivity index (χ0) is 16.2. The van der Waals surface area contributed by atoms with Gasteiger partial charge < -0.3 is 9.47 Å². The van der Waals surface area contributed by atoms with Crippen LogP contribution in [0.4, 0.5) is 0 Å². The molecule has 0 radical (unpaired) electrons. The van der Waals surface area contributed by atoms with Gasteiger partial charge in [-0.1, -0.05) is 6.92 Å². The van der Waals surface area contributed by atoms with E-state index in [1.807, 2.05) is 18.2 Å². The summed E-state index contributed by atoms with van der Waals surface area (Å²) in [4.78, 5) is 23.4. The fourth-order valence-corrected chi connectivity index (χ4v) is 2.32. The molecule has 0 bridgehead atoms. The molecular weight excluding hydrogens is 296 g/mol. The summed E-state index contributed by atoms with van der Waals surface area (Å²) in [7, 11) is 0. The average molecular weight is 314 g/mol. The summed E-state index contributed by atoms with van der Waals surface area (Å²) >= 11 is 0. The molecule has 6 nitrogen and oxygen atoms in total. The molecule has 0 spiro atoms. The Morgan fingerprint density at radius 3 is 2.74 bits per heavy atom. The number of aromatic nitrogens is 2. The second-order valence-corrected chi connectivity index (χ2v) is 5.32. The zero-order valence-electron chi connectivity index (χ0n) is 12.9. The van der Waals surface area contributed by atoms with Crippen LogP contribution in [0.5, 0.6) is 11.5 Å². The molecule has 6 heteroatoms. The number of carbonyl (C=O) groups excluding carboxylic acids is 1. The van der Waals surface area contributed by atoms with Crippen molar-refractivity contribution in [1.29, 1.82) is 0 Å². The predicted molar refractivity (Wildman–Crippen MR) is 84.8 cm³/mol. The molecule has 0 amide bonds. The smallest absolute Gasteiger partial charge is 0.267 e. The molecule has 0 saturated heterocycles. The predicted octanol–water partition coefficient (Wildman–Crippen LogP) is 2.05. The molecule has 1 aliphatic heterocycles. The van der Waals surface area contributed by atoms with Gasteiger partial charge in [0.05, 0.1) is 18.9 Å². The number of nitrogens with zero attached hydrogens (tertiary/aromatic N) is 2. The van der Waals surface area contributed by atoms with Gasteiger partial charge in [-0.3, -0.25) is 9.59 Å². The standard InChI is InChI=1S/C17H18N2O4/c1-2-13(20)11-19-17(21)7-5-14(18-19)12-4-6-15-16(10-12)23-9-3-8-22-15/h4-7,10H,2-3,8-9,11H2,1H3. The van der Waals surface area contributed by atoms with Gasteiger partial charge in [-0.05, 0) is 24.3 Å². The SMILES string of the molecule is CCC(=O)Cn1nc(-c2ccc3c(c2)OCCCO3)ccc1=O. The number of carbonyl (C=O) groups is 1. The van der Waals surface area contributed by atoms with Crippen molar-refractivity contribution in [2.24, 2.45) is 0 Å². The summed E-state index contributed by atoms with van der Waals surface area (Å²) in [5.41, 5.74) is 1.14. The Kier molecular flexibility index (Phi) is 4.41. The molecule has 2 aromatic rings. The maximum atomic E-state index is 11.8. The van der Waals surface area contributed by atoms with Gasteiger partial charge in [-0.25, -0.2) is 4.68 Å². The van der Waals surface area contributed by atoms with Crippen molar-refractivity contribution in [1.82, 2.24) is 9.78 Å². The van der Waals surface area contributed by atoms with E-state index in [1.165, 1.54) is 10.7 Å². The third kappa shape index (κ3) is 3.41. The van der Waals surface area contributed by atoms with Gasteiger partial charge in [0, 0.05) is 24.5 Å². The van der Waals surface area contributed by atoms with E-state index in [2.05, 4.69) is 5.10 Å². The van der Waals surface area contributed by atoms with Gasteiger partial charge in [0.15, 0.2) is 17.3 Å². The van der Waals surface area contributed by atoms with Crippen LogP contribution in [-0.2, 0) is 11.3 Å². The molecule has 0 saturated carbocycles. The van der Waals surface area contributed by atoms with Gasteiger partial charge in [0.25, 0.3) is 5.56 Å². The van der Waals surface area contributed by atoms with Crippen LogP contribution in [0.25, 0.3) is 11.3 Å². The van der Waals surface area contributed by atoms with Crippen molar-refractivity contribution in [2.75, 3.05) is 13.2 Å². The lowest BCUT2D eigenvalue weighted by Gasteiger charge is -2.10. The minimum atomic E-state index is -0.287. The van der Waals surface area contributed by atoms with Crippen LogP contribution >= 0.6 is 0 Å². The van der Waals surface area contributed by atoms with E-state index < -0.39 is 0 Å². The molecule has 23 heavy (non-hydrogen) atoms. The van der Waals surface area contributed by atoms with E-state index in [1.54, 1.807) is 13.0 Å². The van der Waals surface area contributed by atoms with Crippen LogP contribution in [-0.4, -0.2) is 28.8 Å². The Hall–Kier alpha value is -2.63. The normalized spacial score (nSPS) is 13.4. The third-order valence-corrected chi connectivity index (χ3v) is 3.63. The molecule has 1 aromatic heterocycles. The van der Waals surface area contributed by atoms with Crippen LogP contribution in [0, 0.1) is 0 Å². The number of fused-ring (bicyclic) bond motifs is 1. The second-order valence-electron chi connectivity index (χ2n) is 5.32. The molecule has 0 unspecified atom stereocenters. The Labute approximate surface area is 133 Å². The van der Waals surface area contributed by atoms with Crippen molar-refractivity contribution >= 4 is 5.78 Å². The molecule has 120 valence electrons. The molecule has 1 aliphatic rings. The number of ether oxygens (including phenoxy) is 2. The number of benzene rings is 1. The lowest BCUT2D eigenvalue weighted by Crippen LogP contribution is -2.25. The van der Waals surface area contributed by atoms with E-state index in [-0.39, 0.29) is 17.9 Å². The van der Waals surface area contributed by atoms with Crippen molar-refractivity contribution < 1.29 is 14.3 Å². The third-order valence-electron chi connectivity index (χ3n) is 3.63. The highest BCUT2D eigenvalue weighted by Crippen LogP contribution is 2.33. The Morgan fingerprint density at radius 1 is 1.17 bits per heavy atom. The summed E-state index contributed by atoms with van der Waals surface area (Å²) in [5, 5.41) is 4.29. The number of hydrogen-bond acceptors (Lipinski definition) is 5. The first-order valence-corrected chi connectivity index (χ1v) is 7.67. The number of hydrogen-bond donors (Lipinski definition) is 0. The maximum absolute atomic E-state index is 11.8. The molecule has 1 aromatic carbocycles. The van der Waals surface area contributed by atoms with E-state index in [0.717, 1.165) is 12.0 Å². The van der Waals surface area contributed by atoms with Crippen molar-refractivity contribution in [2.45, 2.75) is 26.3 Å². The van der Waals surface area contributed by atoms with E-state index >= 15 is 0 Å². The largest absolute Gasteiger partial charge is 0.490 e. The summed E-state index contributed by atoms with van der Waals surface area (Å²) in [5.74, 6) is 1.35. The van der Waals surface area contributed by atoms with Crippen LogP contribution < -0.4 is 15.0 Å². The first-order chi connectivity index (χ1) is 11.2. The molecule has 0 atom stereocenters.